The number of hydrogen-bond donors (Lipinski definition) is 2. The molecule has 1 aliphatic rings. The van der Waals surface area contributed by atoms with Gasteiger partial charge in [0.1, 0.15) is 0 Å². The van der Waals surface area contributed by atoms with E-state index in [9.17, 15) is 8.42 Å². The zero-order valence-electron chi connectivity index (χ0n) is 17.1. The Labute approximate surface area is 161 Å². The molecule has 0 radical (unpaired) electrons. The fourth-order valence-corrected chi connectivity index (χ4v) is 4.25. The molecule has 0 aromatic carbocycles. The minimum Gasteiger partial charge on any atom is -0.356 e. The number of aliphatic imine (C=N–C) groups is 1. The third-order valence-corrected chi connectivity index (χ3v) is 6.45. The Balaban J connectivity index is 2.06. The molecular formula is C19H40N4O2S. The standard InChI is InChI=1S/C19H40N4O2S/c1-4-5-6-7-8-9-10-11-14-21-19(20-2)22-17-18-12-15-23(16-13-18)26(3,24)25/h18H,4-17H2,1-3H3,(H2,20,21,22). The maximum atomic E-state index is 11.5. The molecule has 26 heavy (non-hydrogen) atoms. The predicted molar refractivity (Wildman–Crippen MR) is 111 cm³/mol. The van der Waals surface area contributed by atoms with Crippen LogP contribution in [0.2, 0.25) is 0 Å². The van der Waals surface area contributed by atoms with E-state index < -0.39 is 10.0 Å². The summed E-state index contributed by atoms with van der Waals surface area (Å²) in [6.07, 6.45) is 13.7. The largest absolute Gasteiger partial charge is 0.356 e. The van der Waals surface area contributed by atoms with E-state index in [1.54, 1.807) is 11.4 Å². The normalized spacial score (nSPS) is 17.4. The Bertz CT molecular complexity index is 486. The lowest BCUT2D eigenvalue weighted by Gasteiger charge is -2.30. The molecule has 1 rings (SSSR count). The van der Waals surface area contributed by atoms with Gasteiger partial charge >= 0.3 is 0 Å². The number of piperidine rings is 1. The number of hydrogen-bond acceptors (Lipinski definition) is 3. The molecule has 2 N–H and O–H groups in total. The van der Waals surface area contributed by atoms with Crippen molar-refractivity contribution in [1.29, 1.82) is 0 Å². The summed E-state index contributed by atoms with van der Waals surface area (Å²) < 4.78 is 24.7. The molecule has 0 unspecified atom stereocenters. The second-order valence-corrected chi connectivity index (χ2v) is 9.44. The maximum absolute atomic E-state index is 11.5. The van der Waals surface area contributed by atoms with Gasteiger partial charge in [0.2, 0.25) is 10.0 Å². The van der Waals surface area contributed by atoms with Crippen LogP contribution >= 0.6 is 0 Å². The van der Waals surface area contributed by atoms with Crippen molar-refractivity contribution in [3.05, 3.63) is 0 Å². The third kappa shape index (κ3) is 10.4. The minimum atomic E-state index is -3.04. The zero-order valence-corrected chi connectivity index (χ0v) is 17.9. The number of nitrogens with zero attached hydrogens (tertiary/aromatic N) is 2. The molecule has 0 amide bonds. The predicted octanol–water partition coefficient (Wildman–Crippen LogP) is 2.96. The van der Waals surface area contributed by atoms with E-state index in [-0.39, 0.29) is 0 Å². The second kappa shape index (κ2) is 13.4. The summed E-state index contributed by atoms with van der Waals surface area (Å²) in [5, 5.41) is 6.77. The lowest BCUT2D eigenvalue weighted by atomic mass is 9.98. The molecule has 0 aromatic rings. The van der Waals surface area contributed by atoms with Crippen molar-refractivity contribution in [3.63, 3.8) is 0 Å². The first-order valence-electron chi connectivity index (χ1n) is 10.4. The highest BCUT2D eigenvalue weighted by Gasteiger charge is 2.24. The SMILES string of the molecule is CCCCCCCCCCNC(=NC)NCC1CCN(S(C)(=O)=O)CC1. The van der Waals surface area contributed by atoms with E-state index in [0.717, 1.165) is 31.9 Å². The van der Waals surface area contributed by atoms with Crippen molar-refractivity contribution in [2.75, 3.05) is 39.5 Å². The number of sulfonamides is 1. The summed E-state index contributed by atoms with van der Waals surface area (Å²) in [6, 6.07) is 0. The van der Waals surface area contributed by atoms with Gasteiger partial charge in [0.05, 0.1) is 6.26 Å². The number of guanidine groups is 1. The van der Waals surface area contributed by atoms with Crippen LogP contribution in [0.25, 0.3) is 0 Å². The van der Waals surface area contributed by atoms with Crippen LogP contribution in [0.3, 0.4) is 0 Å². The summed E-state index contributed by atoms with van der Waals surface area (Å²) in [4.78, 5) is 4.28. The van der Waals surface area contributed by atoms with E-state index in [1.807, 2.05) is 0 Å². The second-order valence-electron chi connectivity index (χ2n) is 7.46. The lowest BCUT2D eigenvalue weighted by molar-refractivity contribution is 0.275. The Kier molecular flexibility index (Phi) is 11.9. The van der Waals surface area contributed by atoms with Gasteiger partial charge in [-0.25, -0.2) is 12.7 Å². The molecule has 0 atom stereocenters. The first-order valence-corrected chi connectivity index (χ1v) is 12.2. The van der Waals surface area contributed by atoms with Gasteiger partial charge in [0, 0.05) is 33.2 Å². The van der Waals surface area contributed by atoms with Crippen LogP contribution in [-0.2, 0) is 10.0 Å². The zero-order chi connectivity index (χ0) is 19.3. The Morgan fingerprint density at radius 2 is 1.58 bits per heavy atom. The van der Waals surface area contributed by atoms with Crippen LogP contribution in [0.15, 0.2) is 4.99 Å². The summed E-state index contributed by atoms with van der Waals surface area (Å²) in [5.74, 6) is 1.37. The van der Waals surface area contributed by atoms with Crippen LogP contribution in [0.4, 0.5) is 0 Å². The maximum Gasteiger partial charge on any atom is 0.211 e. The minimum absolute atomic E-state index is 0.509. The van der Waals surface area contributed by atoms with Crippen molar-refractivity contribution < 1.29 is 8.42 Å². The fraction of sp³-hybridized carbons (Fsp3) is 0.947. The third-order valence-electron chi connectivity index (χ3n) is 5.15. The molecule has 1 aliphatic heterocycles. The van der Waals surface area contributed by atoms with Crippen molar-refractivity contribution in [2.24, 2.45) is 10.9 Å². The molecular weight excluding hydrogens is 348 g/mol. The van der Waals surface area contributed by atoms with Gasteiger partial charge in [-0.3, -0.25) is 4.99 Å². The van der Waals surface area contributed by atoms with Crippen molar-refractivity contribution in [3.8, 4) is 0 Å². The lowest BCUT2D eigenvalue weighted by Crippen LogP contribution is -2.44. The van der Waals surface area contributed by atoms with Gasteiger partial charge in [-0.1, -0.05) is 51.9 Å². The van der Waals surface area contributed by atoms with Crippen molar-refractivity contribution in [1.82, 2.24) is 14.9 Å². The Morgan fingerprint density at radius 3 is 2.12 bits per heavy atom. The molecule has 7 heteroatoms. The number of rotatable bonds is 12. The summed E-state index contributed by atoms with van der Waals surface area (Å²) in [5.41, 5.74) is 0. The van der Waals surface area contributed by atoms with Crippen LogP contribution in [0.5, 0.6) is 0 Å². The van der Waals surface area contributed by atoms with E-state index in [0.29, 0.717) is 19.0 Å². The number of nitrogens with one attached hydrogen (secondary N) is 2. The molecule has 0 aromatic heterocycles. The van der Waals surface area contributed by atoms with Crippen molar-refractivity contribution in [2.45, 2.75) is 71.1 Å². The average molecular weight is 389 g/mol. The molecule has 1 saturated heterocycles. The smallest absolute Gasteiger partial charge is 0.211 e. The van der Waals surface area contributed by atoms with Crippen LogP contribution < -0.4 is 10.6 Å². The molecule has 1 heterocycles. The van der Waals surface area contributed by atoms with E-state index in [4.69, 9.17) is 0 Å². The summed E-state index contributed by atoms with van der Waals surface area (Å²) in [7, 11) is -1.23. The monoisotopic (exact) mass is 388 g/mol. The van der Waals surface area contributed by atoms with E-state index >= 15 is 0 Å². The van der Waals surface area contributed by atoms with E-state index in [2.05, 4.69) is 22.5 Å². The highest BCUT2D eigenvalue weighted by molar-refractivity contribution is 7.88. The van der Waals surface area contributed by atoms with Gasteiger partial charge in [-0.15, -0.1) is 0 Å². The van der Waals surface area contributed by atoms with Gasteiger partial charge in [0.25, 0.3) is 0 Å². The molecule has 0 bridgehead atoms. The van der Waals surface area contributed by atoms with Crippen LogP contribution in [0, 0.1) is 5.92 Å². The number of unbranched alkanes of at least 4 members (excludes halogenated alkanes) is 7. The van der Waals surface area contributed by atoms with Gasteiger partial charge in [0.15, 0.2) is 5.96 Å². The Hall–Kier alpha value is -0.820. The van der Waals surface area contributed by atoms with Gasteiger partial charge in [-0.2, -0.15) is 0 Å². The van der Waals surface area contributed by atoms with Gasteiger partial charge < -0.3 is 10.6 Å². The molecule has 1 fully saturated rings. The molecule has 0 saturated carbocycles. The molecule has 0 spiro atoms. The highest BCUT2D eigenvalue weighted by Crippen LogP contribution is 2.18. The molecule has 0 aliphatic carbocycles. The van der Waals surface area contributed by atoms with E-state index in [1.165, 1.54) is 57.6 Å². The molecule has 6 nitrogen and oxygen atoms in total. The quantitative estimate of drug-likeness (QED) is 0.306. The molecule has 154 valence electrons. The van der Waals surface area contributed by atoms with Crippen LogP contribution in [-0.4, -0.2) is 58.2 Å². The van der Waals surface area contributed by atoms with Crippen molar-refractivity contribution >= 4 is 16.0 Å². The van der Waals surface area contributed by atoms with Crippen LogP contribution in [0.1, 0.15) is 71.1 Å². The summed E-state index contributed by atoms with van der Waals surface area (Å²) in [6.45, 7) is 5.34. The Morgan fingerprint density at radius 1 is 1.00 bits per heavy atom. The van der Waals surface area contributed by atoms with Gasteiger partial charge in [-0.05, 0) is 25.2 Å². The highest BCUT2D eigenvalue weighted by atomic mass is 32.2. The summed E-state index contributed by atoms with van der Waals surface area (Å²) >= 11 is 0. The fourth-order valence-electron chi connectivity index (χ4n) is 3.37. The first-order chi connectivity index (χ1) is 12.5. The first kappa shape index (κ1) is 23.2. The topological polar surface area (TPSA) is 73.8 Å². The average Bonchev–Trinajstić information content (AvgIpc) is 2.62.